The van der Waals surface area contributed by atoms with Gasteiger partial charge in [0.1, 0.15) is 0 Å². The van der Waals surface area contributed by atoms with Crippen molar-refractivity contribution in [2.24, 2.45) is 0 Å². The van der Waals surface area contributed by atoms with Crippen molar-refractivity contribution in [1.82, 2.24) is 10.2 Å². The molecule has 0 saturated heterocycles. The number of hydrogen-bond acceptors (Lipinski definition) is 6. The van der Waals surface area contributed by atoms with Crippen LogP contribution in [-0.4, -0.2) is 27.0 Å². The molecule has 0 unspecified atom stereocenters. The second-order valence-electron chi connectivity index (χ2n) is 3.54. The number of carboxylic acid groups (broad SMARTS) is 1. The van der Waals surface area contributed by atoms with Crippen LogP contribution < -0.4 is 5.32 Å². The van der Waals surface area contributed by atoms with Crippen molar-refractivity contribution in [3.05, 3.63) is 34.9 Å². The summed E-state index contributed by atoms with van der Waals surface area (Å²) in [6.45, 7) is 0.596. The molecule has 5 nitrogen and oxygen atoms in total. The highest BCUT2D eigenvalue weighted by molar-refractivity contribution is 8.01. The number of rotatable bonds is 6. The first-order valence-electron chi connectivity index (χ1n) is 5.30. The van der Waals surface area contributed by atoms with Gasteiger partial charge in [0.25, 0.3) is 0 Å². The van der Waals surface area contributed by atoms with Gasteiger partial charge in [-0.1, -0.05) is 46.8 Å². The van der Waals surface area contributed by atoms with Crippen LogP contribution in [0.1, 0.15) is 5.56 Å². The monoisotopic (exact) mass is 315 g/mol. The van der Waals surface area contributed by atoms with E-state index in [1.165, 1.54) is 11.3 Å². The molecule has 19 heavy (non-hydrogen) atoms. The van der Waals surface area contributed by atoms with Crippen LogP contribution in [-0.2, 0) is 11.3 Å². The predicted octanol–water partition coefficient (Wildman–Crippen LogP) is 2.98. The van der Waals surface area contributed by atoms with Crippen LogP contribution in [0.5, 0.6) is 0 Å². The summed E-state index contributed by atoms with van der Waals surface area (Å²) in [5.74, 6) is -0.878. The molecule has 1 heterocycles. The minimum Gasteiger partial charge on any atom is -0.481 e. The fraction of sp³-hybridized carbons (Fsp3) is 0.182. The lowest BCUT2D eigenvalue weighted by Crippen LogP contribution is -1.98. The summed E-state index contributed by atoms with van der Waals surface area (Å²) in [7, 11) is 0. The maximum absolute atomic E-state index is 10.4. The zero-order valence-corrected chi connectivity index (χ0v) is 12.1. The number of nitrogens with zero attached hydrogens (tertiary/aromatic N) is 2. The van der Waals surface area contributed by atoms with E-state index >= 15 is 0 Å². The Balaban J connectivity index is 1.88. The Bertz CT molecular complexity index is 577. The van der Waals surface area contributed by atoms with E-state index in [1.807, 2.05) is 24.3 Å². The Kier molecular flexibility index (Phi) is 5.00. The average molecular weight is 316 g/mol. The molecule has 1 aromatic heterocycles. The number of aromatic nitrogens is 2. The molecule has 0 radical (unpaired) electrons. The number of anilines is 1. The van der Waals surface area contributed by atoms with E-state index in [4.69, 9.17) is 16.7 Å². The number of halogens is 1. The van der Waals surface area contributed by atoms with Crippen molar-refractivity contribution < 1.29 is 9.90 Å². The van der Waals surface area contributed by atoms with Gasteiger partial charge in [0, 0.05) is 11.6 Å². The molecule has 8 heteroatoms. The number of hydrogen-bond donors (Lipinski definition) is 2. The van der Waals surface area contributed by atoms with Gasteiger partial charge >= 0.3 is 5.97 Å². The van der Waals surface area contributed by atoms with Gasteiger partial charge in [0.2, 0.25) is 5.13 Å². The molecule has 2 rings (SSSR count). The van der Waals surface area contributed by atoms with Gasteiger partial charge in [-0.05, 0) is 17.7 Å². The summed E-state index contributed by atoms with van der Waals surface area (Å²) in [4.78, 5) is 10.4. The van der Waals surface area contributed by atoms with Gasteiger partial charge in [-0.25, -0.2) is 0 Å². The summed E-state index contributed by atoms with van der Waals surface area (Å²) in [5, 5.41) is 20.9. The third-order valence-corrected chi connectivity index (χ3v) is 4.29. The molecule has 0 atom stereocenters. The maximum Gasteiger partial charge on any atom is 0.313 e. The highest BCUT2D eigenvalue weighted by Gasteiger charge is 2.06. The van der Waals surface area contributed by atoms with E-state index in [0.29, 0.717) is 21.0 Å². The minimum atomic E-state index is -0.867. The zero-order chi connectivity index (χ0) is 13.7. The number of aliphatic carboxylic acids is 1. The van der Waals surface area contributed by atoms with Gasteiger partial charge < -0.3 is 10.4 Å². The lowest BCUT2D eigenvalue weighted by atomic mass is 10.2. The van der Waals surface area contributed by atoms with Gasteiger partial charge in [-0.15, -0.1) is 10.2 Å². The largest absolute Gasteiger partial charge is 0.481 e. The molecule has 0 saturated carbocycles. The summed E-state index contributed by atoms with van der Waals surface area (Å²) in [5.41, 5.74) is 1.04. The van der Waals surface area contributed by atoms with Crippen molar-refractivity contribution in [1.29, 1.82) is 0 Å². The normalized spacial score (nSPS) is 10.4. The second-order valence-corrected chi connectivity index (χ2v) is 6.18. The van der Waals surface area contributed by atoms with Crippen LogP contribution in [0, 0.1) is 0 Å². The van der Waals surface area contributed by atoms with Crippen LogP contribution in [0.4, 0.5) is 5.13 Å². The zero-order valence-electron chi connectivity index (χ0n) is 9.67. The van der Waals surface area contributed by atoms with Crippen LogP contribution in [0.3, 0.4) is 0 Å². The van der Waals surface area contributed by atoms with E-state index in [-0.39, 0.29) is 5.75 Å². The first-order valence-corrected chi connectivity index (χ1v) is 7.48. The number of carboxylic acids is 1. The van der Waals surface area contributed by atoms with Crippen LogP contribution in [0.15, 0.2) is 28.6 Å². The summed E-state index contributed by atoms with van der Waals surface area (Å²) >= 11 is 8.38. The minimum absolute atomic E-state index is 0.0110. The highest BCUT2D eigenvalue weighted by Crippen LogP contribution is 2.25. The molecular formula is C11H10ClN3O2S2. The van der Waals surface area contributed by atoms with Gasteiger partial charge in [-0.2, -0.15) is 0 Å². The third kappa shape index (κ3) is 4.70. The number of thioether (sulfide) groups is 1. The molecule has 0 aliphatic rings. The molecule has 2 N–H and O–H groups in total. The standard InChI is InChI=1S/C11H10ClN3O2S2/c12-8-3-1-2-7(4-8)5-13-10-14-15-11(19-10)18-6-9(16)17/h1-4H,5-6H2,(H,13,14)(H,16,17). The van der Waals surface area contributed by atoms with E-state index in [1.54, 1.807) is 0 Å². The van der Waals surface area contributed by atoms with E-state index < -0.39 is 5.97 Å². The summed E-state index contributed by atoms with van der Waals surface area (Å²) in [6.07, 6.45) is 0. The molecule has 0 spiro atoms. The third-order valence-electron chi connectivity index (χ3n) is 2.06. The Morgan fingerprint density at radius 2 is 2.32 bits per heavy atom. The maximum atomic E-state index is 10.4. The van der Waals surface area contributed by atoms with Crippen molar-refractivity contribution in [3.63, 3.8) is 0 Å². The topological polar surface area (TPSA) is 75.1 Å². The Morgan fingerprint density at radius 3 is 3.05 bits per heavy atom. The van der Waals surface area contributed by atoms with Crippen LogP contribution >= 0.6 is 34.7 Å². The first kappa shape index (κ1) is 14.1. The van der Waals surface area contributed by atoms with Gasteiger partial charge in [0.05, 0.1) is 5.75 Å². The summed E-state index contributed by atoms with van der Waals surface area (Å²) in [6, 6.07) is 7.53. The molecule has 100 valence electrons. The van der Waals surface area contributed by atoms with Crippen molar-refractivity contribution >= 4 is 45.8 Å². The number of benzene rings is 1. The molecular weight excluding hydrogens is 306 g/mol. The highest BCUT2D eigenvalue weighted by atomic mass is 35.5. The first-order chi connectivity index (χ1) is 9.13. The lowest BCUT2D eigenvalue weighted by molar-refractivity contribution is -0.133. The fourth-order valence-electron chi connectivity index (χ4n) is 1.29. The van der Waals surface area contributed by atoms with Crippen molar-refractivity contribution in [2.75, 3.05) is 11.1 Å². The van der Waals surface area contributed by atoms with E-state index in [9.17, 15) is 4.79 Å². The van der Waals surface area contributed by atoms with Gasteiger partial charge in [0.15, 0.2) is 4.34 Å². The SMILES string of the molecule is O=C(O)CSc1nnc(NCc2cccc(Cl)c2)s1. The molecule has 0 fully saturated rings. The van der Waals surface area contributed by atoms with Crippen LogP contribution in [0.2, 0.25) is 5.02 Å². The van der Waals surface area contributed by atoms with E-state index in [0.717, 1.165) is 17.3 Å². The Hall–Kier alpha value is -1.31. The Labute approximate surface area is 123 Å². The summed E-state index contributed by atoms with van der Waals surface area (Å²) < 4.78 is 0.635. The quantitative estimate of drug-likeness (QED) is 0.798. The fourth-order valence-corrected chi connectivity index (χ4v) is 2.97. The molecule has 0 aliphatic carbocycles. The average Bonchev–Trinajstić information content (AvgIpc) is 2.82. The Morgan fingerprint density at radius 1 is 1.47 bits per heavy atom. The molecule has 0 aliphatic heterocycles. The lowest BCUT2D eigenvalue weighted by Gasteiger charge is -2.02. The predicted molar refractivity (Wildman–Crippen MR) is 77.0 cm³/mol. The number of nitrogens with one attached hydrogen (secondary N) is 1. The molecule has 0 bridgehead atoms. The van der Waals surface area contributed by atoms with Crippen LogP contribution in [0.25, 0.3) is 0 Å². The van der Waals surface area contributed by atoms with Crippen molar-refractivity contribution in [2.45, 2.75) is 10.9 Å². The van der Waals surface area contributed by atoms with Gasteiger partial charge in [-0.3, -0.25) is 4.79 Å². The number of carbonyl (C=O) groups is 1. The van der Waals surface area contributed by atoms with Crippen molar-refractivity contribution in [3.8, 4) is 0 Å². The molecule has 0 amide bonds. The second kappa shape index (κ2) is 6.74. The molecule has 2 aromatic rings. The molecule has 1 aromatic carbocycles. The van der Waals surface area contributed by atoms with E-state index in [2.05, 4.69) is 15.5 Å². The smallest absolute Gasteiger partial charge is 0.313 e.